The first kappa shape index (κ1) is 14.4. The molecule has 0 heterocycles. The van der Waals surface area contributed by atoms with E-state index < -0.39 is 15.4 Å². The summed E-state index contributed by atoms with van der Waals surface area (Å²) in [5, 5.41) is 11.5. The van der Waals surface area contributed by atoms with Crippen LogP contribution in [0.4, 0.5) is 0 Å². The minimum atomic E-state index is -3.00. The summed E-state index contributed by atoms with van der Waals surface area (Å²) in [6.07, 6.45) is 1.62. The van der Waals surface area contributed by atoms with Crippen LogP contribution in [0.1, 0.15) is 26.7 Å². The van der Waals surface area contributed by atoms with E-state index in [4.69, 9.17) is 5.11 Å². The Labute approximate surface area is 90.8 Å². The number of aliphatic hydroxyl groups excluding tert-OH is 1. The highest BCUT2D eigenvalue weighted by Gasteiger charge is 2.18. The SMILES string of the molecule is CC(C)(CO)NC(=O)CCCS(C)(=O)=O. The molecule has 0 aromatic heterocycles. The van der Waals surface area contributed by atoms with E-state index in [1.54, 1.807) is 13.8 Å². The molecule has 2 N–H and O–H groups in total. The maximum atomic E-state index is 11.3. The Bertz CT molecular complexity index is 308. The molecule has 0 bridgehead atoms. The van der Waals surface area contributed by atoms with Gasteiger partial charge in [-0.3, -0.25) is 4.79 Å². The second-order valence-corrected chi connectivity index (χ2v) is 6.58. The Morgan fingerprint density at radius 3 is 2.33 bits per heavy atom. The van der Waals surface area contributed by atoms with Crippen LogP contribution in [-0.2, 0) is 14.6 Å². The first-order valence-electron chi connectivity index (χ1n) is 4.76. The van der Waals surface area contributed by atoms with Crippen molar-refractivity contribution in [3.63, 3.8) is 0 Å². The van der Waals surface area contributed by atoms with Crippen molar-refractivity contribution < 1.29 is 18.3 Å². The van der Waals surface area contributed by atoms with Crippen LogP contribution in [0.3, 0.4) is 0 Å². The van der Waals surface area contributed by atoms with Gasteiger partial charge in [0.1, 0.15) is 9.84 Å². The zero-order valence-corrected chi connectivity index (χ0v) is 10.2. The zero-order valence-electron chi connectivity index (χ0n) is 9.41. The van der Waals surface area contributed by atoms with Gasteiger partial charge in [0.05, 0.1) is 17.9 Å². The van der Waals surface area contributed by atoms with E-state index in [0.29, 0.717) is 6.42 Å². The molecule has 0 saturated heterocycles. The number of carbonyl (C=O) groups is 1. The summed E-state index contributed by atoms with van der Waals surface area (Å²) in [5.74, 6) is -0.224. The lowest BCUT2D eigenvalue weighted by Gasteiger charge is -2.23. The number of aliphatic hydroxyl groups is 1. The third-order valence-corrected chi connectivity index (χ3v) is 2.82. The zero-order chi connectivity index (χ0) is 12.1. The molecule has 0 unspecified atom stereocenters. The van der Waals surface area contributed by atoms with E-state index >= 15 is 0 Å². The second-order valence-electron chi connectivity index (χ2n) is 4.32. The average molecular weight is 237 g/mol. The van der Waals surface area contributed by atoms with Crippen molar-refractivity contribution in [3.8, 4) is 0 Å². The lowest BCUT2D eigenvalue weighted by Crippen LogP contribution is -2.46. The summed E-state index contributed by atoms with van der Waals surface area (Å²) >= 11 is 0. The molecule has 0 aromatic carbocycles. The maximum absolute atomic E-state index is 11.3. The minimum Gasteiger partial charge on any atom is -0.394 e. The first-order chi connectivity index (χ1) is 6.66. The van der Waals surface area contributed by atoms with Gasteiger partial charge in [0.25, 0.3) is 0 Å². The molecule has 0 saturated carbocycles. The van der Waals surface area contributed by atoms with Crippen LogP contribution in [0.15, 0.2) is 0 Å². The number of sulfone groups is 1. The van der Waals surface area contributed by atoms with Crippen molar-refractivity contribution in [1.82, 2.24) is 5.32 Å². The molecule has 6 heteroatoms. The van der Waals surface area contributed by atoms with Gasteiger partial charge in [-0.1, -0.05) is 0 Å². The molecule has 90 valence electrons. The van der Waals surface area contributed by atoms with Crippen molar-refractivity contribution in [2.75, 3.05) is 18.6 Å². The third kappa shape index (κ3) is 8.38. The van der Waals surface area contributed by atoms with Gasteiger partial charge < -0.3 is 10.4 Å². The molecular weight excluding hydrogens is 218 g/mol. The van der Waals surface area contributed by atoms with Gasteiger partial charge in [-0.05, 0) is 20.3 Å². The lowest BCUT2D eigenvalue weighted by molar-refractivity contribution is -0.123. The molecule has 0 atom stereocenters. The number of nitrogens with one attached hydrogen (secondary N) is 1. The summed E-state index contributed by atoms with van der Waals surface area (Å²) in [6.45, 7) is 3.24. The van der Waals surface area contributed by atoms with E-state index in [-0.39, 0.29) is 24.7 Å². The normalized spacial score (nSPS) is 12.5. The Morgan fingerprint density at radius 2 is 1.93 bits per heavy atom. The predicted octanol–water partition coefficient (Wildman–Crippen LogP) is -0.302. The van der Waals surface area contributed by atoms with E-state index in [2.05, 4.69) is 5.32 Å². The summed E-state index contributed by atoms with van der Waals surface area (Å²) in [4.78, 5) is 11.3. The molecule has 0 rings (SSSR count). The molecule has 0 aliphatic heterocycles. The fourth-order valence-corrected chi connectivity index (χ4v) is 1.64. The van der Waals surface area contributed by atoms with Gasteiger partial charge in [0.2, 0.25) is 5.91 Å². The van der Waals surface area contributed by atoms with Crippen LogP contribution in [0, 0.1) is 0 Å². The second kappa shape index (κ2) is 5.46. The number of hydrogen-bond acceptors (Lipinski definition) is 4. The molecule has 1 amide bonds. The van der Waals surface area contributed by atoms with Crippen LogP contribution >= 0.6 is 0 Å². The van der Waals surface area contributed by atoms with Gasteiger partial charge in [0.15, 0.2) is 0 Å². The summed E-state index contributed by atoms with van der Waals surface area (Å²) in [5.41, 5.74) is -0.651. The molecule has 0 aliphatic rings. The van der Waals surface area contributed by atoms with Crippen molar-refractivity contribution in [3.05, 3.63) is 0 Å². The van der Waals surface area contributed by atoms with Crippen molar-refractivity contribution in [2.45, 2.75) is 32.2 Å². The molecule has 0 aromatic rings. The van der Waals surface area contributed by atoms with Crippen LogP contribution in [0.5, 0.6) is 0 Å². The maximum Gasteiger partial charge on any atom is 0.220 e. The smallest absolute Gasteiger partial charge is 0.220 e. The minimum absolute atomic E-state index is 0.0139. The van der Waals surface area contributed by atoms with Gasteiger partial charge in [-0.15, -0.1) is 0 Å². The summed E-state index contributed by atoms with van der Waals surface area (Å²) in [6, 6.07) is 0. The van der Waals surface area contributed by atoms with Gasteiger partial charge >= 0.3 is 0 Å². The quantitative estimate of drug-likeness (QED) is 0.664. The van der Waals surface area contributed by atoms with E-state index in [1.807, 2.05) is 0 Å². The average Bonchev–Trinajstić information content (AvgIpc) is 2.00. The first-order valence-corrected chi connectivity index (χ1v) is 6.82. The molecule has 5 nitrogen and oxygen atoms in total. The van der Waals surface area contributed by atoms with E-state index in [9.17, 15) is 13.2 Å². The van der Waals surface area contributed by atoms with Crippen LogP contribution in [0.25, 0.3) is 0 Å². The third-order valence-electron chi connectivity index (χ3n) is 1.79. The van der Waals surface area contributed by atoms with Gasteiger partial charge in [0, 0.05) is 12.7 Å². The summed E-state index contributed by atoms with van der Waals surface area (Å²) in [7, 11) is -3.00. The molecule has 0 aliphatic carbocycles. The fraction of sp³-hybridized carbons (Fsp3) is 0.889. The highest BCUT2D eigenvalue weighted by molar-refractivity contribution is 7.90. The Morgan fingerprint density at radius 1 is 1.40 bits per heavy atom. The number of carbonyl (C=O) groups excluding carboxylic acids is 1. The van der Waals surface area contributed by atoms with Crippen molar-refractivity contribution in [1.29, 1.82) is 0 Å². The highest BCUT2D eigenvalue weighted by atomic mass is 32.2. The van der Waals surface area contributed by atoms with Crippen LogP contribution < -0.4 is 5.32 Å². The number of amides is 1. The molecule has 15 heavy (non-hydrogen) atoms. The predicted molar refractivity (Wildman–Crippen MR) is 58.3 cm³/mol. The molecule has 0 radical (unpaired) electrons. The Hall–Kier alpha value is -0.620. The van der Waals surface area contributed by atoms with E-state index in [0.717, 1.165) is 6.26 Å². The largest absolute Gasteiger partial charge is 0.394 e. The Balaban J connectivity index is 3.87. The molecule has 0 fully saturated rings. The van der Waals surface area contributed by atoms with Gasteiger partial charge in [-0.25, -0.2) is 8.42 Å². The standard InChI is InChI=1S/C9H19NO4S/c1-9(2,7-11)10-8(12)5-4-6-15(3,13)14/h11H,4-7H2,1-3H3,(H,10,12). The monoisotopic (exact) mass is 237 g/mol. The number of hydrogen-bond donors (Lipinski definition) is 2. The topological polar surface area (TPSA) is 83.5 Å². The molecular formula is C9H19NO4S. The van der Waals surface area contributed by atoms with Gasteiger partial charge in [-0.2, -0.15) is 0 Å². The van der Waals surface area contributed by atoms with Crippen LogP contribution in [-0.4, -0.2) is 43.6 Å². The highest BCUT2D eigenvalue weighted by Crippen LogP contribution is 2.02. The summed E-state index contributed by atoms with van der Waals surface area (Å²) < 4.78 is 21.6. The van der Waals surface area contributed by atoms with Crippen LogP contribution in [0.2, 0.25) is 0 Å². The lowest BCUT2D eigenvalue weighted by atomic mass is 10.1. The molecule has 0 spiro atoms. The van der Waals surface area contributed by atoms with Crippen molar-refractivity contribution >= 4 is 15.7 Å². The van der Waals surface area contributed by atoms with E-state index in [1.165, 1.54) is 0 Å². The number of rotatable bonds is 6. The van der Waals surface area contributed by atoms with Crippen molar-refractivity contribution in [2.24, 2.45) is 0 Å². The Kier molecular flexibility index (Phi) is 5.23. The fourth-order valence-electron chi connectivity index (χ4n) is 0.974.